The average molecular weight is 394 g/mol. The minimum atomic E-state index is -0.349. The fourth-order valence-electron chi connectivity index (χ4n) is 3.09. The smallest absolute Gasteiger partial charge is 0.323 e. The highest BCUT2D eigenvalue weighted by atomic mass is 16.5. The van der Waals surface area contributed by atoms with Gasteiger partial charge in [-0.05, 0) is 38.5 Å². The molecular formula is C22H26N4O3. The van der Waals surface area contributed by atoms with Gasteiger partial charge in [0.2, 0.25) is 0 Å². The van der Waals surface area contributed by atoms with Crippen molar-refractivity contribution in [2.45, 2.75) is 27.3 Å². The van der Waals surface area contributed by atoms with Crippen LogP contribution in [0.15, 0.2) is 42.5 Å². The number of carbonyl (C=O) groups is 1. The second-order valence-electron chi connectivity index (χ2n) is 6.84. The van der Waals surface area contributed by atoms with Crippen molar-refractivity contribution in [3.63, 3.8) is 0 Å². The highest BCUT2D eigenvalue weighted by molar-refractivity contribution is 6.00. The molecular weight excluding hydrogens is 368 g/mol. The first-order chi connectivity index (χ1) is 13.9. The van der Waals surface area contributed by atoms with Gasteiger partial charge in [-0.2, -0.15) is 5.10 Å². The van der Waals surface area contributed by atoms with Crippen LogP contribution in [0, 0.1) is 20.8 Å². The maximum absolute atomic E-state index is 12.5. The lowest BCUT2D eigenvalue weighted by atomic mass is 10.1. The summed E-state index contributed by atoms with van der Waals surface area (Å²) in [4.78, 5) is 12.5. The molecule has 0 unspecified atom stereocenters. The van der Waals surface area contributed by atoms with Crippen LogP contribution in [0.2, 0.25) is 0 Å². The van der Waals surface area contributed by atoms with Crippen molar-refractivity contribution < 1.29 is 14.3 Å². The minimum absolute atomic E-state index is 0.349. The van der Waals surface area contributed by atoms with E-state index in [0.717, 1.165) is 17.0 Å². The molecule has 0 atom stereocenters. The van der Waals surface area contributed by atoms with Crippen LogP contribution >= 0.6 is 0 Å². The van der Waals surface area contributed by atoms with E-state index in [2.05, 4.69) is 46.9 Å². The lowest BCUT2D eigenvalue weighted by Gasteiger charge is -2.12. The quantitative estimate of drug-likeness (QED) is 0.644. The number of nitrogens with one attached hydrogen (secondary N) is 2. The maximum atomic E-state index is 12.5. The first-order valence-corrected chi connectivity index (χ1v) is 9.31. The average Bonchev–Trinajstić information content (AvgIpc) is 2.97. The zero-order chi connectivity index (χ0) is 21.0. The minimum Gasteiger partial charge on any atom is -0.493 e. The highest BCUT2D eigenvalue weighted by Gasteiger charge is 2.15. The zero-order valence-electron chi connectivity index (χ0n) is 17.4. The number of aryl methyl sites for hydroxylation is 2. The molecule has 0 saturated heterocycles. The van der Waals surface area contributed by atoms with E-state index in [9.17, 15) is 4.79 Å². The maximum Gasteiger partial charge on any atom is 0.323 e. The molecule has 2 aromatic carbocycles. The Hall–Kier alpha value is -3.48. The summed E-state index contributed by atoms with van der Waals surface area (Å²) in [5.74, 6) is 1.14. The Morgan fingerprint density at radius 3 is 2.31 bits per heavy atom. The summed E-state index contributed by atoms with van der Waals surface area (Å²) in [5.41, 5.74) is 5.33. The molecule has 152 valence electrons. The lowest BCUT2D eigenvalue weighted by Crippen LogP contribution is -2.20. The third-order valence-electron chi connectivity index (χ3n) is 4.71. The number of urea groups is 1. The predicted molar refractivity (Wildman–Crippen MR) is 114 cm³/mol. The molecule has 0 fully saturated rings. The van der Waals surface area contributed by atoms with Crippen LogP contribution in [-0.2, 0) is 6.54 Å². The molecule has 0 bridgehead atoms. The number of ether oxygens (including phenoxy) is 2. The van der Waals surface area contributed by atoms with Crippen LogP contribution in [0.4, 0.5) is 16.2 Å². The second kappa shape index (κ2) is 8.68. The number of benzene rings is 2. The molecule has 7 heteroatoms. The van der Waals surface area contributed by atoms with Crippen LogP contribution in [-0.4, -0.2) is 30.0 Å². The van der Waals surface area contributed by atoms with Gasteiger partial charge in [-0.3, -0.25) is 4.68 Å². The summed E-state index contributed by atoms with van der Waals surface area (Å²) < 4.78 is 12.4. The molecule has 3 aromatic rings. The van der Waals surface area contributed by atoms with Gasteiger partial charge < -0.3 is 20.1 Å². The van der Waals surface area contributed by atoms with Gasteiger partial charge in [0.25, 0.3) is 0 Å². The first-order valence-electron chi connectivity index (χ1n) is 9.31. The van der Waals surface area contributed by atoms with Crippen LogP contribution in [0.1, 0.15) is 22.5 Å². The molecule has 7 nitrogen and oxygen atoms in total. The molecule has 2 amide bonds. The number of hydrogen-bond donors (Lipinski definition) is 2. The van der Waals surface area contributed by atoms with Crippen molar-refractivity contribution in [1.29, 1.82) is 0 Å². The number of amides is 2. The highest BCUT2D eigenvalue weighted by Crippen LogP contribution is 2.30. The van der Waals surface area contributed by atoms with E-state index in [4.69, 9.17) is 9.47 Å². The summed E-state index contributed by atoms with van der Waals surface area (Å²) in [6, 6.07) is 13.2. The Bertz CT molecular complexity index is 1010. The summed E-state index contributed by atoms with van der Waals surface area (Å²) in [5, 5.41) is 10.3. The third-order valence-corrected chi connectivity index (χ3v) is 4.71. The van der Waals surface area contributed by atoms with E-state index in [1.807, 2.05) is 18.5 Å². The van der Waals surface area contributed by atoms with E-state index >= 15 is 0 Å². The molecule has 0 aliphatic carbocycles. The molecule has 1 heterocycles. The molecule has 3 rings (SSSR count). The molecule has 0 aliphatic heterocycles. The van der Waals surface area contributed by atoms with Gasteiger partial charge in [0.1, 0.15) is 0 Å². The summed E-state index contributed by atoms with van der Waals surface area (Å²) in [6.45, 7) is 6.53. The fourth-order valence-corrected chi connectivity index (χ4v) is 3.09. The molecule has 0 radical (unpaired) electrons. The third kappa shape index (κ3) is 4.68. The Labute approximate surface area is 170 Å². The molecule has 1 aromatic heterocycles. The Balaban J connectivity index is 1.72. The lowest BCUT2D eigenvalue weighted by molar-refractivity contribution is 0.262. The predicted octanol–water partition coefficient (Wildman–Crippen LogP) is 4.52. The molecule has 0 spiro atoms. The summed E-state index contributed by atoms with van der Waals surface area (Å²) in [6.07, 6.45) is 0. The number of carbonyl (C=O) groups excluding carboxylic acids is 1. The van der Waals surface area contributed by atoms with Gasteiger partial charge in [0.15, 0.2) is 11.5 Å². The Morgan fingerprint density at radius 1 is 0.966 bits per heavy atom. The number of aromatic nitrogens is 2. The Kier molecular flexibility index (Phi) is 6.07. The van der Waals surface area contributed by atoms with Gasteiger partial charge in [0, 0.05) is 11.8 Å². The van der Waals surface area contributed by atoms with Crippen LogP contribution in [0.25, 0.3) is 0 Å². The van der Waals surface area contributed by atoms with Crippen molar-refractivity contribution in [2.75, 3.05) is 24.9 Å². The number of methoxy groups -OCH3 is 2. The van der Waals surface area contributed by atoms with E-state index in [1.165, 1.54) is 5.56 Å². The van der Waals surface area contributed by atoms with E-state index < -0.39 is 0 Å². The number of nitrogens with zero attached hydrogens (tertiary/aromatic N) is 2. The monoisotopic (exact) mass is 394 g/mol. The zero-order valence-corrected chi connectivity index (χ0v) is 17.4. The van der Waals surface area contributed by atoms with Gasteiger partial charge in [0.05, 0.1) is 37.8 Å². The van der Waals surface area contributed by atoms with Gasteiger partial charge >= 0.3 is 6.03 Å². The van der Waals surface area contributed by atoms with Gasteiger partial charge in [-0.25, -0.2) is 4.79 Å². The molecule has 0 saturated carbocycles. The number of rotatable bonds is 6. The SMILES string of the molecule is COc1ccc(NC(=O)Nc2c(C)nn(Cc3ccc(C)cc3)c2C)cc1OC. The first kappa shape index (κ1) is 20.3. The standard InChI is InChI=1S/C22H26N4O3/c1-14-6-8-17(9-7-14)13-26-16(3)21(15(2)25-26)24-22(27)23-18-10-11-19(28-4)20(12-18)29-5/h6-12H,13H2,1-5H3,(H2,23,24,27). The largest absolute Gasteiger partial charge is 0.493 e. The van der Waals surface area contributed by atoms with E-state index in [0.29, 0.717) is 29.4 Å². The van der Waals surface area contributed by atoms with E-state index in [-0.39, 0.29) is 6.03 Å². The fraction of sp³-hybridized carbons (Fsp3) is 0.273. The van der Waals surface area contributed by atoms with Crippen LogP contribution in [0.5, 0.6) is 11.5 Å². The Morgan fingerprint density at radius 2 is 1.66 bits per heavy atom. The van der Waals surface area contributed by atoms with Crippen molar-refractivity contribution in [2.24, 2.45) is 0 Å². The number of hydrogen-bond acceptors (Lipinski definition) is 4. The van der Waals surface area contributed by atoms with Crippen molar-refractivity contribution in [1.82, 2.24) is 9.78 Å². The number of anilines is 2. The summed E-state index contributed by atoms with van der Waals surface area (Å²) >= 11 is 0. The van der Waals surface area contributed by atoms with Crippen molar-refractivity contribution >= 4 is 17.4 Å². The molecule has 29 heavy (non-hydrogen) atoms. The topological polar surface area (TPSA) is 77.4 Å². The van der Waals surface area contributed by atoms with Crippen LogP contribution in [0.3, 0.4) is 0 Å². The second-order valence-corrected chi connectivity index (χ2v) is 6.84. The van der Waals surface area contributed by atoms with Crippen molar-refractivity contribution in [3.05, 3.63) is 65.0 Å². The van der Waals surface area contributed by atoms with E-state index in [1.54, 1.807) is 32.4 Å². The van der Waals surface area contributed by atoms with Crippen LogP contribution < -0.4 is 20.1 Å². The summed E-state index contributed by atoms with van der Waals surface area (Å²) in [7, 11) is 3.12. The molecule has 0 aliphatic rings. The van der Waals surface area contributed by atoms with Gasteiger partial charge in [-0.15, -0.1) is 0 Å². The molecule has 2 N–H and O–H groups in total. The van der Waals surface area contributed by atoms with Crippen molar-refractivity contribution in [3.8, 4) is 11.5 Å². The normalized spacial score (nSPS) is 10.5. The van der Waals surface area contributed by atoms with Gasteiger partial charge in [-0.1, -0.05) is 29.8 Å².